The Bertz CT molecular complexity index is 213. The number of piperazine rings is 1. The molecule has 0 aliphatic carbocycles. The third-order valence-corrected chi connectivity index (χ3v) is 4.42. The van der Waals surface area contributed by atoms with Crippen LogP contribution in [0.4, 0.5) is 0 Å². The maximum absolute atomic E-state index is 3.42. The highest BCUT2D eigenvalue weighted by Gasteiger charge is 2.34. The lowest BCUT2D eigenvalue weighted by Gasteiger charge is -2.43. The van der Waals surface area contributed by atoms with Crippen LogP contribution in [0.2, 0.25) is 0 Å². The minimum atomic E-state index is 0.662. The van der Waals surface area contributed by atoms with Crippen LogP contribution in [0.25, 0.3) is 0 Å². The molecular weight excluding hydrogens is 198 g/mol. The van der Waals surface area contributed by atoms with Gasteiger partial charge in [-0.15, -0.1) is 0 Å². The molecule has 2 aliphatic heterocycles. The minimum Gasteiger partial charge on any atom is -0.316 e. The van der Waals surface area contributed by atoms with E-state index in [9.17, 15) is 0 Å². The van der Waals surface area contributed by atoms with Crippen molar-refractivity contribution in [2.45, 2.75) is 51.2 Å². The van der Waals surface area contributed by atoms with Crippen molar-refractivity contribution in [2.75, 3.05) is 33.2 Å². The van der Waals surface area contributed by atoms with Crippen molar-refractivity contribution >= 4 is 0 Å². The summed E-state index contributed by atoms with van der Waals surface area (Å²) < 4.78 is 0. The highest BCUT2D eigenvalue weighted by atomic mass is 15.3. The maximum atomic E-state index is 3.42. The maximum Gasteiger partial charge on any atom is 0.0224 e. The molecule has 2 saturated heterocycles. The SMILES string of the molecule is CCC(CN1CC2CCCN2CC1C)NC. The summed E-state index contributed by atoms with van der Waals surface area (Å²) in [6.45, 7) is 9.79. The molecule has 1 N–H and O–H groups in total. The first-order chi connectivity index (χ1) is 7.74. The predicted octanol–water partition coefficient (Wildman–Crippen LogP) is 1.15. The fourth-order valence-corrected chi connectivity index (χ4v) is 3.21. The fraction of sp³-hybridized carbons (Fsp3) is 1.00. The molecule has 3 atom stereocenters. The third-order valence-electron chi connectivity index (χ3n) is 4.42. The predicted molar refractivity (Wildman–Crippen MR) is 68.8 cm³/mol. The van der Waals surface area contributed by atoms with E-state index in [-0.39, 0.29) is 0 Å². The van der Waals surface area contributed by atoms with Gasteiger partial charge in [0.15, 0.2) is 0 Å². The molecule has 0 aromatic rings. The van der Waals surface area contributed by atoms with Crippen LogP contribution in [0.15, 0.2) is 0 Å². The lowest BCUT2D eigenvalue weighted by atomic mass is 10.1. The summed E-state index contributed by atoms with van der Waals surface area (Å²) in [5.41, 5.74) is 0. The summed E-state index contributed by atoms with van der Waals surface area (Å²) in [6.07, 6.45) is 4.06. The van der Waals surface area contributed by atoms with Crippen molar-refractivity contribution in [2.24, 2.45) is 0 Å². The molecule has 3 unspecified atom stereocenters. The Hall–Kier alpha value is -0.120. The van der Waals surface area contributed by atoms with Gasteiger partial charge < -0.3 is 5.32 Å². The second-order valence-electron chi connectivity index (χ2n) is 5.49. The topological polar surface area (TPSA) is 18.5 Å². The first-order valence-corrected chi connectivity index (χ1v) is 6.90. The van der Waals surface area contributed by atoms with Gasteiger partial charge in [-0.1, -0.05) is 6.92 Å². The standard InChI is InChI=1S/C13H27N3/c1-4-12(14-3)9-16-10-13-6-5-7-15(13)8-11(16)2/h11-14H,4-10H2,1-3H3. The Kier molecular flexibility index (Phi) is 4.22. The highest BCUT2D eigenvalue weighted by Crippen LogP contribution is 2.24. The molecule has 2 heterocycles. The van der Waals surface area contributed by atoms with Crippen molar-refractivity contribution in [1.82, 2.24) is 15.1 Å². The van der Waals surface area contributed by atoms with Crippen LogP contribution < -0.4 is 5.32 Å². The summed E-state index contributed by atoms with van der Waals surface area (Å²) >= 11 is 0. The smallest absolute Gasteiger partial charge is 0.0224 e. The van der Waals surface area contributed by atoms with Gasteiger partial charge >= 0.3 is 0 Å². The molecule has 0 saturated carbocycles. The lowest BCUT2D eigenvalue weighted by molar-refractivity contribution is 0.0528. The molecule has 0 bridgehead atoms. The number of likely N-dealkylation sites (N-methyl/N-ethyl adjacent to an activating group) is 1. The van der Waals surface area contributed by atoms with E-state index in [0.29, 0.717) is 6.04 Å². The van der Waals surface area contributed by atoms with Crippen LogP contribution in [0, 0.1) is 0 Å². The molecule has 0 radical (unpaired) electrons. The molecule has 0 spiro atoms. The zero-order chi connectivity index (χ0) is 11.5. The van der Waals surface area contributed by atoms with Crippen LogP contribution in [0.3, 0.4) is 0 Å². The highest BCUT2D eigenvalue weighted by molar-refractivity contribution is 4.91. The van der Waals surface area contributed by atoms with Crippen molar-refractivity contribution in [3.8, 4) is 0 Å². The van der Waals surface area contributed by atoms with Crippen LogP contribution in [-0.4, -0.2) is 61.2 Å². The Balaban J connectivity index is 1.89. The molecule has 3 heteroatoms. The molecule has 0 amide bonds. The lowest BCUT2D eigenvalue weighted by Crippen LogP contribution is -2.57. The van der Waals surface area contributed by atoms with Crippen LogP contribution in [0.5, 0.6) is 0 Å². The van der Waals surface area contributed by atoms with Gasteiger partial charge in [0.25, 0.3) is 0 Å². The van der Waals surface area contributed by atoms with E-state index in [1.807, 2.05) is 0 Å². The normalized spacial score (nSPS) is 33.9. The zero-order valence-electron chi connectivity index (χ0n) is 11.1. The Morgan fingerprint density at radius 1 is 1.38 bits per heavy atom. The first-order valence-electron chi connectivity index (χ1n) is 6.90. The average molecular weight is 225 g/mol. The van der Waals surface area contributed by atoms with E-state index in [1.165, 1.54) is 45.4 Å². The monoisotopic (exact) mass is 225 g/mol. The summed E-state index contributed by atoms with van der Waals surface area (Å²) in [7, 11) is 2.09. The molecule has 0 aromatic heterocycles. The second-order valence-corrected chi connectivity index (χ2v) is 5.49. The van der Waals surface area contributed by atoms with Gasteiger partial charge in [-0.25, -0.2) is 0 Å². The Morgan fingerprint density at radius 3 is 2.88 bits per heavy atom. The summed E-state index contributed by atoms with van der Waals surface area (Å²) in [5.74, 6) is 0. The average Bonchev–Trinajstić information content (AvgIpc) is 2.72. The molecule has 2 aliphatic rings. The van der Waals surface area contributed by atoms with Crippen molar-refractivity contribution in [3.63, 3.8) is 0 Å². The second kappa shape index (κ2) is 5.48. The van der Waals surface area contributed by atoms with Crippen LogP contribution in [0.1, 0.15) is 33.1 Å². The van der Waals surface area contributed by atoms with Gasteiger partial charge in [0.05, 0.1) is 0 Å². The Morgan fingerprint density at radius 2 is 2.19 bits per heavy atom. The Labute approximate surface area is 100 Å². The van der Waals surface area contributed by atoms with E-state index < -0.39 is 0 Å². The number of nitrogens with zero attached hydrogens (tertiary/aromatic N) is 2. The van der Waals surface area contributed by atoms with Gasteiger partial charge in [0, 0.05) is 37.8 Å². The van der Waals surface area contributed by atoms with Crippen molar-refractivity contribution in [1.29, 1.82) is 0 Å². The number of rotatable bonds is 4. The molecule has 94 valence electrons. The largest absolute Gasteiger partial charge is 0.316 e. The first kappa shape index (κ1) is 12.3. The van der Waals surface area contributed by atoms with Crippen molar-refractivity contribution < 1.29 is 0 Å². The minimum absolute atomic E-state index is 0.662. The molecule has 0 aromatic carbocycles. The molecular formula is C13H27N3. The third kappa shape index (κ3) is 2.58. The van der Waals surface area contributed by atoms with E-state index in [4.69, 9.17) is 0 Å². The van der Waals surface area contributed by atoms with Gasteiger partial charge in [-0.2, -0.15) is 0 Å². The summed E-state index contributed by atoms with van der Waals surface area (Å²) in [6, 6.07) is 2.25. The van der Waals surface area contributed by atoms with E-state index in [1.54, 1.807) is 0 Å². The summed E-state index contributed by atoms with van der Waals surface area (Å²) in [4.78, 5) is 5.39. The number of hydrogen-bond donors (Lipinski definition) is 1. The molecule has 2 rings (SSSR count). The van der Waals surface area contributed by atoms with E-state index in [2.05, 4.69) is 36.0 Å². The van der Waals surface area contributed by atoms with Crippen molar-refractivity contribution in [3.05, 3.63) is 0 Å². The van der Waals surface area contributed by atoms with Gasteiger partial charge in [0.1, 0.15) is 0 Å². The van der Waals surface area contributed by atoms with Gasteiger partial charge in [-0.3, -0.25) is 9.80 Å². The van der Waals surface area contributed by atoms with E-state index in [0.717, 1.165) is 12.1 Å². The zero-order valence-corrected chi connectivity index (χ0v) is 11.1. The van der Waals surface area contributed by atoms with Crippen LogP contribution in [-0.2, 0) is 0 Å². The molecule has 16 heavy (non-hydrogen) atoms. The number of nitrogens with one attached hydrogen (secondary N) is 1. The number of fused-ring (bicyclic) bond motifs is 1. The van der Waals surface area contributed by atoms with Crippen LogP contribution >= 0.6 is 0 Å². The van der Waals surface area contributed by atoms with E-state index >= 15 is 0 Å². The molecule has 2 fully saturated rings. The molecule has 3 nitrogen and oxygen atoms in total. The van der Waals surface area contributed by atoms with Gasteiger partial charge in [-0.05, 0) is 39.8 Å². The number of hydrogen-bond acceptors (Lipinski definition) is 3. The summed E-state index contributed by atoms with van der Waals surface area (Å²) in [5, 5.41) is 3.42. The quantitative estimate of drug-likeness (QED) is 0.774. The van der Waals surface area contributed by atoms with Gasteiger partial charge in [0.2, 0.25) is 0 Å². The fourth-order valence-electron chi connectivity index (χ4n) is 3.21.